The van der Waals surface area contributed by atoms with Crippen LogP contribution in [-0.4, -0.2) is 27.0 Å². The van der Waals surface area contributed by atoms with E-state index in [1.165, 1.54) is 0 Å². The van der Waals surface area contributed by atoms with E-state index in [2.05, 4.69) is 10.1 Å². The second-order valence-corrected chi connectivity index (χ2v) is 5.01. The number of aromatic nitrogens is 2. The lowest BCUT2D eigenvalue weighted by atomic mass is 10.1. The van der Waals surface area contributed by atoms with E-state index in [1.54, 1.807) is 6.92 Å². The molecule has 2 aromatic rings. The molecule has 20 heavy (non-hydrogen) atoms. The molecule has 0 aliphatic heterocycles. The molecule has 0 bridgehead atoms. The highest BCUT2D eigenvalue weighted by Crippen LogP contribution is 2.10. The molecule has 2 rings (SSSR count). The van der Waals surface area contributed by atoms with E-state index in [0.29, 0.717) is 18.3 Å². The van der Waals surface area contributed by atoms with Crippen molar-refractivity contribution in [2.24, 2.45) is 0 Å². The van der Waals surface area contributed by atoms with Crippen LogP contribution in [0.5, 0.6) is 0 Å². The number of benzene rings is 1. The second kappa shape index (κ2) is 6.32. The van der Waals surface area contributed by atoms with Crippen molar-refractivity contribution < 1.29 is 9.32 Å². The van der Waals surface area contributed by atoms with Crippen molar-refractivity contribution in [3.05, 3.63) is 47.6 Å². The van der Waals surface area contributed by atoms with Crippen LogP contribution >= 0.6 is 0 Å². The zero-order chi connectivity index (χ0) is 14.5. The number of amides is 1. The molecule has 0 saturated carbocycles. The van der Waals surface area contributed by atoms with Crippen molar-refractivity contribution >= 4 is 5.91 Å². The predicted molar refractivity (Wildman–Crippen MR) is 74.9 cm³/mol. The summed E-state index contributed by atoms with van der Waals surface area (Å²) in [6.45, 7) is 6.31. The second-order valence-electron chi connectivity index (χ2n) is 5.01. The lowest BCUT2D eigenvalue weighted by Crippen LogP contribution is -2.37. The number of carbonyl (C=O) groups is 1. The van der Waals surface area contributed by atoms with Gasteiger partial charge in [0, 0.05) is 19.5 Å². The van der Waals surface area contributed by atoms with Crippen LogP contribution in [0.3, 0.4) is 0 Å². The van der Waals surface area contributed by atoms with Gasteiger partial charge in [-0.05, 0) is 19.4 Å². The lowest BCUT2D eigenvalue weighted by Gasteiger charge is -2.26. The van der Waals surface area contributed by atoms with Gasteiger partial charge in [-0.15, -0.1) is 0 Å². The number of aryl methyl sites for hydroxylation is 1. The van der Waals surface area contributed by atoms with Crippen molar-refractivity contribution in [1.82, 2.24) is 15.0 Å². The van der Waals surface area contributed by atoms with Crippen LogP contribution in [0.25, 0.3) is 0 Å². The summed E-state index contributed by atoms with van der Waals surface area (Å²) in [5.74, 6) is 0.919. The molecule has 1 amide bonds. The van der Waals surface area contributed by atoms with Crippen molar-refractivity contribution in [2.45, 2.75) is 39.8 Å². The van der Waals surface area contributed by atoms with Gasteiger partial charge in [0.15, 0.2) is 5.82 Å². The van der Waals surface area contributed by atoms with Gasteiger partial charge in [0.2, 0.25) is 11.8 Å². The first kappa shape index (κ1) is 14.2. The first-order valence-corrected chi connectivity index (χ1v) is 6.69. The van der Waals surface area contributed by atoms with Gasteiger partial charge in [-0.25, -0.2) is 0 Å². The van der Waals surface area contributed by atoms with Crippen LogP contribution in [0.1, 0.15) is 31.1 Å². The third kappa shape index (κ3) is 3.66. The Bertz CT molecular complexity index is 564. The molecule has 0 spiro atoms. The van der Waals surface area contributed by atoms with Crippen LogP contribution < -0.4 is 0 Å². The van der Waals surface area contributed by atoms with Gasteiger partial charge in [-0.3, -0.25) is 4.79 Å². The molecule has 0 aliphatic carbocycles. The molecule has 0 aliphatic rings. The summed E-state index contributed by atoms with van der Waals surface area (Å²) in [5, 5.41) is 3.77. The number of hydrogen-bond acceptors (Lipinski definition) is 4. The van der Waals surface area contributed by atoms with Crippen LogP contribution in [0.4, 0.5) is 0 Å². The minimum absolute atomic E-state index is 0.00431. The average Bonchev–Trinajstić information content (AvgIpc) is 2.82. The number of hydrogen-bond donors (Lipinski definition) is 0. The Balaban J connectivity index is 2.06. The maximum absolute atomic E-state index is 12.4. The molecule has 0 saturated heterocycles. The van der Waals surface area contributed by atoms with E-state index >= 15 is 0 Å². The highest BCUT2D eigenvalue weighted by atomic mass is 16.5. The maximum atomic E-state index is 12.4. The van der Waals surface area contributed by atoms with Gasteiger partial charge in [-0.1, -0.05) is 35.5 Å². The zero-order valence-electron chi connectivity index (χ0n) is 12.0. The Morgan fingerprint density at radius 2 is 2.00 bits per heavy atom. The summed E-state index contributed by atoms with van der Waals surface area (Å²) in [7, 11) is 0. The molecule has 0 radical (unpaired) electrons. The maximum Gasteiger partial charge on any atom is 0.230 e. The molecule has 0 N–H and O–H groups in total. The van der Waals surface area contributed by atoms with Gasteiger partial charge in [0.05, 0.1) is 6.42 Å². The summed E-state index contributed by atoms with van der Waals surface area (Å²) < 4.78 is 4.89. The van der Waals surface area contributed by atoms with Gasteiger partial charge in [0.1, 0.15) is 0 Å². The van der Waals surface area contributed by atoms with Crippen molar-refractivity contribution in [3.63, 3.8) is 0 Å². The molecule has 1 aromatic heterocycles. The van der Waals surface area contributed by atoms with Crippen LogP contribution in [0.15, 0.2) is 34.9 Å². The van der Waals surface area contributed by atoms with E-state index in [4.69, 9.17) is 4.52 Å². The Kier molecular flexibility index (Phi) is 4.50. The van der Waals surface area contributed by atoms with E-state index in [9.17, 15) is 4.79 Å². The molecule has 5 heteroatoms. The third-order valence-electron chi connectivity index (χ3n) is 3.02. The van der Waals surface area contributed by atoms with Crippen LogP contribution in [-0.2, 0) is 17.8 Å². The first-order chi connectivity index (χ1) is 9.56. The van der Waals surface area contributed by atoms with Crippen molar-refractivity contribution in [3.8, 4) is 0 Å². The van der Waals surface area contributed by atoms with E-state index in [0.717, 1.165) is 5.56 Å². The van der Waals surface area contributed by atoms with Crippen LogP contribution in [0, 0.1) is 6.92 Å². The summed E-state index contributed by atoms with van der Waals surface area (Å²) >= 11 is 0. The number of nitrogens with zero attached hydrogens (tertiary/aromatic N) is 3. The third-order valence-corrected chi connectivity index (χ3v) is 3.02. The molecule has 106 valence electrons. The highest BCUT2D eigenvalue weighted by Gasteiger charge is 2.19. The van der Waals surface area contributed by atoms with Crippen molar-refractivity contribution in [1.29, 1.82) is 0 Å². The van der Waals surface area contributed by atoms with Crippen molar-refractivity contribution in [2.75, 3.05) is 0 Å². The standard InChI is InChI=1S/C15H19N3O2/c1-11(2)18(10-13-7-5-4-6-8-13)15(19)9-14-16-12(3)20-17-14/h4-8,11H,9-10H2,1-3H3. The minimum Gasteiger partial charge on any atom is -0.340 e. The van der Waals surface area contributed by atoms with E-state index in [-0.39, 0.29) is 18.4 Å². The average molecular weight is 273 g/mol. The quantitative estimate of drug-likeness (QED) is 0.839. The molecule has 1 heterocycles. The molecule has 0 fully saturated rings. The van der Waals surface area contributed by atoms with Gasteiger partial charge in [0.25, 0.3) is 0 Å². The fourth-order valence-corrected chi connectivity index (χ4v) is 1.99. The summed E-state index contributed by atoms with van der Waals surface area (Å²) in [5.41, 5.74) is 1.11. The largest absolute Gasteiger partial charge is 0.340 e. The predicted octanol–water partition coefficient (Wildman–Crippen LogP) is 2.36. The first-order valence-electron chi connectivity index (χ1n) is 6.69. The molecule has 1 aromatic carbocycles. The van der Waals surface area contributed by atoms with Gasteiger partial charge >= 0.3 is 0 Å². The van der Waals surface area contributed by atoms with E-state index in [1.807, 2.05) is 49.1 Å². The van der Waals surface area contributed by atoms with Gasteiger partial charge in [-0.2, -0.15) is 4.98 Å². The number of rotatable bonds is 5. The Hall–Kier alpha value is -2.17. The fraction of sp³-hybridized carbons (Fsp3) is 0.400. The smallest absolute Gasteiger partial charge is 0.230 e. The Labute approximate surface area is 118 Å². The fourth-order valence-electron chi connectivity index (χ4n) is 1.99. The molecular formula is C15H19N3O2. The summed E-state index contributed by atoms with van der Waals surface area (Å²) in [4.78, 5) is 18.3. The summed E-state index contributed by atoms with van der Waals surface area (Å²) in [6.07, 6.45) is 0.169. The topological polar surface area (TPSA) is 59.2 Å². The molecule has 0 atom stereocenters. The highest BCUT2D eigenvalue weighted by molar-refractivity contribution is 5.78. The minimum atomic E-state index is 0.00431. The molecule has 0 unspecified atom stereocenters. The SMILES string of the molecule is Cc1nc(CC(=O)N(Cc2ccccc2)C(C)C)no1. The molecule has 5 nitrogen and oxygen atoms in total. The Morgan fingerprint density at radius 3 is 2.55 bits per heavy atom. The lowest BCUT2D eigenvalue weighted by molar-refractivity contribution is -0.133. The normalized spacial score (nSPS) is 10.8. The number of carbonyl (C=O) groups excluding carboxylic acids is 1. The van der Waals surface area contributed by atoms with Gasteiger partial charge < -0.3 is 9.42 Å². The van der Waals surface area contributed by atoms with Crippen LogP contribution in [0.2, 0.25) is 0 Å². The molecular weight excluding hydrogens is 254 g/mol. The van der Waals surface area contributed by atoms with E-state index < -0.39 is 0 Å². The monoisotopic (exact) mass is 273 g/mol. The zero-order valence-corrected chi connectivity index (χ0v) is 12.0. The Morgan fingerprint density at radius 1 is 1.30 bits per heavy atom. The summed E-state index contributed by atoms with van der Waals surface area (Å²) in [6, 6.07) is 10.1.